The number of aliphatic hydroxyl groups is 1. The Kier molecular flexibility index (Phi) is 5.02. The molecular formula is C23H19F3O4. The molecule has 0 bridgehead atoms. The van der Waals surface area contributed by atoms with Gasteiger partial charge < -0.3 is 9.84 Å². The number of benzene rings is 2. The summed E-state index contributed by atoms with van der Waals surface area (Å²) < 4.78 is 47.6. The van der Waals surface area contributed by atoms with Crippen LogP contribution < -0.4 is 0 Å². The van der Waals surface area contributed by atoms with Crippen molar-refractivity contribution in [3.63, 3.8) is 0 Å². The predicted octanol–water partition coefficient (Wildman–Crippen LogP) is 4.56. The normalized spacial score (nSPS) is 26.7. The molecule has 1 aliphatic carbocycles. The van der Waals surface area contributed by atoms with E-state index in [9.17, 15) is 27.9 Å². The van der Waals surface area contributed by atoms with E-state index in [1.165, 1.54) is 24.3 Å². The van der Waals surface area contributed by atoms with Crippen molar-refractivity contribution in [3.8, 4) is 0 Å². The number of carbonyl (C=O) groups is 2. The first-order valence-corrected chi connectivity index (χ1v) is 9.62. The van der Waals surface area contributed by atoms with Crippen LogP contribution in [0, 0.1) is 5.92 Å². The maximum Gasteiger partial charge on any atom is 0.456 e. The molecule has 4 rings (SSSR count). The second-order valence-corrected chi connectivity index (χ2v) is 7.51. The molecule has 2 aromatic rings. The third kappa shape index (κ3) is 3.23. The van der Waals surface area contributed by atoms with Crippen LogP contribution in [-0.2, 0) is 9.53 Å². The van der Waals surface area contributed by atoms with E-state index in [1.54, 1.807) is 36.4 Å². The fraction of sp³-hybridized carbons (Fsp3) is 0.304. The van der Waals surface area contributed by atoms with Crippen LogP contribution >= 0.6 is 0 Å². The second kappa shape index (κ2) is 7.40. The van der Waals surface area contributed by atoms with Gasteiger partial charge in [0.25, 0.3) is 0 Å². The summed E-state index contributed by atoms with van der Waals surface area (Å²) in [6.45, 7) is 0. The summed E-state index contributed by atoms with van der Waals surface area (Å²) in [6, 6.07) is 15.5. The Labute approximate surface area is 171 Å². The third-order valence-corrected chi connectivity index (χ3v) is 5.66. The minimum absolute atomic E-state index is 0.00187. The highest BCUT2D eigenvalue weighted by atomic mass is 19.4. The Morgan fingerprint density at radius 1 is 1.00 bits per heavy atom. The summed E-state index contributed by atoms with van der Waals surface area (Å²) >= 11 is 0. The molecule has 0 saturated heterocycles. The monoisotopic (exact) mass is 416 g/mol. The zero-order valence-corrected chi connectivity index (χ0v) is 15.9. The molecule has 4 nitrogen and oxygen atoms in total. The molecule has 3 unspecified atom stereocenters. The van der Waals surface area contributed by atoms with E-state index >= 15 is 0 Å². The molecule has 0 radical (unpaired) electrons. The number of rotatable bonds is 3. The average Bonchev–Trinajstić information content (AvgIpc) is 2.73. The first kappa shape index (κ1) is 20.3. The summed E-state index contributed by atoms with van der Waals surface area (Å²) in [7, 11) is 0. The number of carbonyl (C=O) groups excluding carboxylic acids is 2. The summed E-state index contributed by atoms with van der Waals surface area (Å²) in [4.78, 5) is 26.1. The largest absolute Gasteiger partial charge is 0.457 e. The lowest BCUT2D eigenvalue weighted by molar-refractivity contribution is -0.374. The molecule has 0 amide bonds. The number of hydrogen-bond acceptors (Lipinski definition) is 4. The van der Waals surface area contributed by atoms with Gasteiger partial charge in [0.15, 0.2) is 11.6 Å². The van der Waals surface area contributed by atoms with Gasteiger partial charge in [-0.15, -0.1) is 0 Å². The summed E-state index contributed by atoms with van der Waals surface area (Å²) in [6.07, 6.45) is -4.68. The number of hydrogen-bond donors (Lipinski definition) is 1. The molecule has 1 aliphatic heterocycles. The first-order valence-electron chi connectivity index (χ1n) is 9.62. The number of alkyl halides is 3. The molecule has 0 spiro atoms. The topological polar surface area (TPSA) is 63.6 Å². The van der Waals surface area contributed by atoms with Crippen LogP contribution in [0.5, 0.6) is 0 Å². The van der Waals surface area contributed by atoms with Crippen molar-refractivity contribution >= 4 is 11.6 Å². The Balaban J connectivity index is 1.98. The predicted molar refractivity (Wildman–Crippen MR) is 101 cm³/mol. The van der Waals surface area contributed by atoms with Crippen LogP contribution in [0.15, 0.2) is 72.0 Å². The van der Waals surface area contributed by atoms with E-state index in [0.717, 1.165) is 0 Å². The van der Waals surface area contributed by atoms with Gasteiger partial charge in [0, 0.05) is 29.9 Å². The molecule has 156 valence electrons. The fourth-order valence-corrected chi connectivity index (χ4v) is 4.30. The van der Waals surface area contributed by atoms with Crippen molar-refractivity contribution in [3.05, 3.63) is 83.1 Å². The third-order valence-electron chi connectivity index (χ3n) is 5.66. The summed E-state index contributed by atoms with van der Waals surface area (Å²) in [5.74, 6) is -8.58. The molecule has 7 heteroatoms. The van der Waals surface area contributed by atoms with Gasteiger partial charge in [0.1, 0.15) is 11.7 Å². The van der Waals surface area contributed by atoms with Crippen molar-refractivity contribution in [2.24, 2.45) is 5.92 Å². The lowest BCUT2D eigenvalue weighted by atomic mass is 9.68. The summed E-state index contributed by atoms with van der Waals surface area (Å²) in [5, 5.41) is 10.8. The molecule has 2 aromatic carbocycles. The number of Topliss-reactive ketones (excluding diaryl/α,β-unsaturated/α-hetero) is 2. The summed E-state index contributed by atoms with van der Waals surface area (Å²) in [5.41, 5.74) is 0.401. The van der Waals surface area contributed by atoms with E-state index in [2.05, 4.69) is 0 Å². The van der Waals surface area contributed by atoms with Gasteiger partial charge in [-0.3, -0.25) is 9.59 Å². The van der Waals surface area contributed by atoms with Crippen LogP contribution in [0.4, 0.5) is 13.2 Å². The van der Waals surface area contributed by atoms with Crippen LogP contribution in [0.25, 0.3) is 0 Å². The second-order valence-electron chi connectivity index (χ2n) is 7.51. The van der Waals surface area contributed by atoms with Crippen LogP contribution in [0.1, 0.15) is 41.1 Å². The van der Waals surface area contributed by atoms with Crippen molar-refractivity contribution in [2.75, 3.05) is 0 Å². The van der Waals surface area contributed by atoms with E-state index in [4.69, 9.17) is 4.74 Å². The fourth-order valence-electron chi connectivity index (χ4n) is 4.30. The van der Waals surface area contributed by atoms with Gasteiger partial charge in [-0.2, -0.15) is 13.2 Å². The maximum absolute atomic E-state index is 14.2. The average molecular weight is 416 g/mol. The highest BCUT2D eigenvalue weighted by molar-refractivity contribution is 6.04. The number of ketones is 2. The minimum atomic E-state index is -5.26. The molecule has 1 heterocycles. The first-order chi connectivity index (χ1) is 14.2. The van der Waals surface area contributed by atoms with Gasteiger partial charge in [-0.1, -0.05) is 60.7 Å². The number of halogens is 3. The molecule has 2 aliphatic rings. The van der Waals surface area contributed by atoms with Crippen LogP contribution in [0.3, 0.4) is 0 Å². The van der Waals surface area contributed by atoms with Gasteiger partial charge in [-0.25, -0.2) is 0 Å². The zero-order chi connectivity index (χ0) is 21.5. The molecule has 1 N–H and O–H groups in total. The van der Waals surface area contributed by atoms with Gasteiger partial charge >= 0.3 is 12.0 Å². The maximum atomic E-state index is 14.2. The molecule has 3 atom stereocenters. The highest BCUT2D eigenvalue weighted by Crippen LogP contribution is 2.54. The van der Waals surface area contributed by atoms with E-state index in [1.807, 2.05) is 0 Å². The van der Waals surface area contributed by atoms with Gasteiger partial charge in [-0.05, 0) is 12.0 Å². The van der Waals surface area contributed by atoms with Crippen molar-refractivity contribution < 1.29 is 32.6 Å². The smallest absolute Gasteiger partial charge is 0.456 e. The number of ether oxygens (including phenoxy) is 1. The van der Waals surface area contributed by atoms with Crippen LogP contribution in [0.2, 0.25) is 0 Å². The van der Waals surface area contributed by atoms with Gasteiger partial charge in [0.05, 0.1) is 0 Å². The Hall–Kier alpha value is -2.93. The van der Waals surface area contributed by atoms with Crippen LogP contribution in [-0.4, -0.2) is 28.6 Å². The lowest BCUT2D eigenvalue weighted by Crippen LogP contribution is -2.60. The minimum Gasteiger partial charge on any atom is -0.457 e. The molecular weight excluding hydrogens is 397 g/mol. The Morgan fingerprint density at radius 3 is 2.20 bits per heavy atom. The lowest BCUT2D eigenvalue weighted by Gasteiger charge is -2.46. The van der Waals surface area contributed by atoms with Crippen molar-refractivity contribution in [1.29, 1.82) is 0 Å². The quantitative estimate of drug-likeness (QED) is 0.746. The van der Waals surface area contributed by atoms with E-state index in [0.29, 0.717) is 12.0 Å². The van der Waals surface area contributed by atoms with E-state index in [-0.39, 0.29) is 35.5 Å². The molecule has 0 aromatic heterocycles. The van der Waals surface area contributed by atoms with Crippen molar-refractivity contribution in [2.45, 2.75) is 37.1 Å². The molecule has 0 fully saturated rings. The van der Waals surface area contributed by atoms with Gasteiger partial charge in [0.2, 0.25) is 0 Å². The van der Waals surface area contributed by atoms with Crippen molar-refractivity contribution in [1.82, 2.24) is 0 Å². The Morgan fingerprint density at radius 2 is 1.60 bits per heavy atom. The standard InChI is InChI=1S/C23H19F3O4/c24-23(25,26)22(29)20(21(28)15-10-5-2-6-11-15)18(14-8-3-1-4-9-14)19-16(27)12-7-13-17(19)30-22/h1-6,8-11,18,20,29H,7,12-13H2. The highest BCUT2D eigenvalue weighted by Gasteiger charge is 2.68. The van der Waals surface area contributed by atoms with E-state index < -0.39 is 29.6 Å². The Bertz CT molecular complexity index is 998. The zero-order valence-electron chi connectivity index (χ0n) is 15.9. The molecule has 0 saturated carbocycles. The number of allylic oxidation sites excluding steroid dienone is 2. The molecule has 30 heavy (non-hydrogen) atoms. The SMILES string of the molecule is O=C1CCCC2=C1C(c1ccccc1)C(C(=O)c1ccccc1)C(O)(C(F)(F)F)O2.